The van der Waals surface area contributed by atoms with Crippen LogP contribution in [0.15, 0.2) is 40.0 Å². The van der Waals surface area contributed by atoms with E-state index in [0.717, 1.165) is 0 Å². The summed E-state index contributed by atoms with van der Waals surface area (Å²) in [5.74, 6) is -0.743. The average Bonchev–Trinajstić information content (AvgIpc) is 3.13. The van der Waals surface area contributed by atoms with Gasteiger partial charge in [0.1, 0.15) is 10.7 Å². The number of aryl methyl sites for hydroxylation is 1. The monoisotopic (exact) mass is 422 g/mol. The van der Waals surface area contributed by atoms with Crippen LogP contribution in [-0.4, -0.2) is 53.9 Å². The predicted molar refractivity (Wildman–Crippen MR) is 101 cm³/mol. The van der Waals surface area contributed by atoms with E-state index in [2.05, 4.69) is 15.5 Å². The van der Waals surface area contributed by atoms with Crippen LogP contribution in [0.2, 0.25) is 0 Å². The molecule has 1 saturated heterocycles. The second-order valence-corrected chi connectivity index (χ2v) is 8.70. The average molecular weight is 422 g/mol. The van der Waals surface area contributed by atoms with Crippen LogP contribution >= 0.6 is 0 Å². The quantitative estimate of drug-likeness (QED) is 0.690. The number of piperidine rings is 1. The number of carbonyl (C=O) groups excluding carboxylic acids is 2. The highest BCUT2D eigenvalue weighted by Gasteiger charge is 2.34. The molecule has 1 amide bonds. The molecule has 1 atom stereocenters. The third kappa shape index (κ3) is 4.98. The molecule has 1 aliphatic heterocycles. The van der Waals surface area contributed by atoms with Crippen LogP contribution < -0.4 is 5.32 Å². The Morgan fingerprint density at radius 3 is 2.66 bits per heavy atom. The lowest BCUT2D eigenvalue weighted by Crippen LogP contribution is -2.41. The smallest absolute Gasteiger partial charge is 0.309 e. The molecule has 11 heteroatoms. The zero-order chi connectivity index (χ0) is 21.0. The van der Waals surface area contributed by atoms with Gasteiger partial charge in [-0.15, -0.1) is 0 Å². The lowest BCUT2D eigenvalue weighted by atomic mass is 9.98. The maximum atomic E-state index is 12.6. The minimum Gasteiger partial charge on any atom is -0.452 e. The van der Waals surface area contributed by atoms with Gasteiger partial charge in [-0.05, 0) is 38.8 Å². The number of nitrogens with one attached hydrogen (secondary N) is 1. The molecular formula is C18H22N4O6S. The summed E-state index contributed by atoms with van der Waals surface area (Å²) < 4.78 is 36.7. The van der Waals surface area contributed by atoms with Crippen molar-refractivity contribution in [3.05, 3.63) is 36.4 Å². The molecule has 0 aromatic carbocycles. The van der Waals surface area contributed by atoms with Crippen molar-refractivity contribution in [3.8, 4) is 0 Å². The number of amides is 1. The van der Waals surface area contributed by atoms with E-state index in [4.69, 9.17) is 9.26 Å². The molecule has 0 saturated carbocycles. The molecule has 10 nitrogen and oxygen atoms in total. The van der Waals surface area contributed by atoms with Crippen LogP contribution in [0.5, 0.6) is 0 Å². The van der Waals surface area contributed by atoms with E-state index in [1.165, 1.54) is 29.7 Å². The number of anilines is 1. The Morgan fingerprint density at radius 2 is 2.07 bits per heavy atom. The van der Waals surface area contributed by atoms with Crippen molar-refractivity contribution in [2.75, 3.05) is 18.4 Å². The number of pyridine rings is 1. The summed E-state index contributed by atoms with van der Waals surface area (Å²) in [6.07, 6.45) is 2.41. The van der Waals surface area contributed by atoms with Crippen LogP contribution in [0.3, 0.4) is 0 Å². The fraction of sp³-hybridized carbons (Fsp3) is 0.444. The largest absolute Gasteiger partial charge is 0.452 e. The molecular weight excluding hydrogens is 400 g/mol. The third-order valence-corrected chi connectivity index (χ3v) is 6.48. The van der Waals surface area contributed by atoms with Crippen LogP contribution in [0.4, 0.5) is 5.82 Å². The molecule has 1 aliphatic rings. The Balaban J connectivity index is 1.51. The SMILES string of the molecule is Cc1cc(NC(=O)C(C)OC(=O)C2CCN(S(=O)(=O)c3cccnc3)CC2)no1. The van der Waals surface area contributed by atoms with Crippen molar-refractivity contribution in [3.63, 3.8) is 0 Å². The Bertz CT molecular complexity index is 967. The van der Waals surface area contributed by atoms with Gasteiger partial charge >= 0.3 is 5.97 Å². The Hall–Kier alpha value is -2.79. The number of sulfonamides is 1. The van der Waals surface area contributed by atoms with Gasteiger partial charge in [0.15, 0.2) is 11.9 Å². The fourth-order valence-corrected chi connectivity index (χ4v) is 4.39. The summed E-state index contributed by atoms with van der Waals surface area (Å²) in [6, 6.07) is 4.59. The second kappa shape index (κ2) is 8.70. The number of rotatable bonds is 6. The first kappa shape index (κ1) is 20.9. The molecule has 0 aliphatic carbocycles. The number of aromatic nitrogens is 2. The van der Waals surface area contributed by atoms with E-state index < -0.39 is 33.9 Å². The molecule has 156 valence electrons. The predicted octanol–water partition coefficient (Wildman–Crippen LogP) is 1.35. The summed E-state index contributed by atoms with van der Waals surface area (Å²) >= 11 is 0. The number of hydrogen-bond acceptors (Lipinski definition) is 8. The van der Waals surface area contributed by atoms with Crippen molar-refractivity contribution in [2.24, 2.45) is 5.92 Å². The number of carbonyl (C=O) groups is 2. The summed E-state index contributed by atoms with van der Waals surface area (Å²) in [7, 11) is -3.64. The lowest BCUT2D eigenvalue weighted by Gasteiger charge is -2.30. The molecule has 0 radical (unpaired) electrons. The van der Waals surface area contributed by atoms with Gasteiger partial charge in [-0.3, -0.25) is 14.6 Å². The van der Waals surface area contributed by atoms with Crippen LogP contribution in [0.1, 0.15) is 25.5 Å². The van der Waals surface area contributed by atoms with Crippen molar-refractivity contribution >= 4 is 27.7 Å². The lowest BCUT2D eigenvalue weighted by molar-refractivity contribution is -0.158. The standard InChI is InChI=1S/C18H22N4O6S/c1-12-10-16(21-28-12)20-17(23)13(2)27-18(24)14-5-8-22(9-6-14)29(25,26)15-4-3-7-19-11-15/h3-4,7,10-11,13-14H,5-6,8-9H2,1-2H3,(H,20,21,23). The first-order valence-corrected chi connectivity index (χ1v) is 10.6. The summed E-state index contributed by atoms with van der Waals surface area (Å²) in [5.41, 5.74) is 0. The zero-order valence-corrected chi connectivity index (χ0v) is 16.9. The zero-order valence-electron chi connectivity index (χ0n) is 16.1. The molecule has 0 bridgehead atoms. The van der Waals surface area contributed by atoms with E-state index in [-0.39, 0.29) is 23.8 Å². The first-order valence-electron chi connectivity index (χ1n) is 9.12. The minimum absolute atomic E-state index is 0.120. The normalized spacial score (nSPS) is 16.9. The van der Waals surface area contributed by atoms with Gasteiger partial charge in [0, 0.05) is 31.5 Å². The number of esters is 1. The highest BCUT2D eigenvalue weighted by Crippen LogP contribution is 2.24. The van der Waals surface area contributed by atoms with Crippen LogP contribution in [0.25, 0.3) is 0 Å². The molecule has 3 rings (SSSR count). The van der Waals surface area contributed by atoms with Gasteiger partial charge in [-0.2, -0.15) is 4.31 Å². The van der Waals surface area contributed by atoms with Crippen molar-refractivity contribution in [1.82, 2.24) is 14.4 Å². The summed E-state index contributed by atoms with van der Waals surface area (Å²) in [4.78, 5) is 28.5. The number of ether oxygens (including phenoxy) is 1. The molecule has 2 aromatic rings. The topological polar surface area (TPSA) is 132 Å². The van der Waals surface area contributed by atoms with Crippen molar-refractivity contribution in [1.29, 1.82) is 0 Å². The molecule has 0 spiro atoms. The highest BCUT2D eigenvalue weighted by atomic mass is 32.2. The van der Waals surface area contributed by atoms with Gasteiger partial charge in [0.05, 0.1) is 5.92 Å². The number of nitrogens with zero attached hydrogens (tertiary/aromatic N) is 3. The molecule has 2 aromatic heterocycles. The molecule has 3 heterocycles. The van der Waals surface area contributed by atoms with E-state index in [9.17, 15) is 18.0 Å². The first-order chi connectivity index (χ1) is 13.8. The van der Waals surface area contributed by atoms with Gasteiger partial charge < -0.3 is 14.6 Å². The second-order valence-electron chi connectivity index (χ2n) is 6.76. The number of hydrogen-bond donors (Lipinski definition) is 1. The van der Waals surface area contributed by atoms with Crippen molar-refractivity contribution in [2.45, 2.75) is 37.7 Å². The molecule has 29 heavy (non-hydrogen) atoms. The van der Waals surface area contributed by atoms with E-state index in [1.807, 2.05) is 0 Å². The Kier molecular flexibility index (Phi) is 6.28. The minimum atomic E-state index is -3.64. The van der Waals surface area contributed by atoms with Crippen LogP contribution in [-0.2, 0) is 24.3 Å². The highest BCUT2D eigenvalue weighted by molar-refractivity contribution is 7.89. The van der Waals surface area contributed by atoms with Gasteiger partial charge in [0.2, 0.25) is 10.0 Å². The molecule has 1 N–H and O–H groups in total. The van der Waals surface area contributed by atoms with E-state index >= 15 is 0 Å². The summed E-state index contributed by atoms with van der Waals surface area (Å²) in [5, 5.41) is 6.15. The van der Waals surface area contributed by atoms with E-state index in [1.54, 1.807) is 19.1 Å². The maximum Gasteiger partial charge on any atom is 0.309 e. The molecule has 1 unspecified atom stereocenters. The Labute approximate surface area is 168 Å². The van der Waals surface area contributed by atoms with Crippen LogP contribution in [0, 0.1) is 12.8 Å². The third-order valence-electron chi connectivity index (χ3n) is 4.60. The van der Waals surface area contributed by atoms with Gasteiger partial charge in [-0.25, -0.2) is 8.42 Å². The van der Waals surface area contributed by atoms with Gasteiger partial charge in [-0.1, -0.05) is 5.16 Å². The van der Waals surface area contributed by atoms with Gasteiger partial charge in [0.25, 0.3) is 5.91 Å². The van der Waals surface area contributed by atoms with E-state index in [0.29, 0.717) is 18.6 Å². The summed E-state index contributed by atoms with van der Waals surface area (Å²) in [6.45, 7) is 3.53. The molecule has 1 fully saturated rings. The maximum absolute atomic E-state index is 12.6. The van der Waals surface area contributed by atoms with Crippen molar-refractivity contribution < 1.29 is 27.3 Å². The fourth-order valence-electron chi connectivity index (χ4n) is 2.96. The Morgan fingerprint density at radius 1 is 1.34 bits per heavy atom.